The number of hydrogen-bond acceptors (Lipinski definition) is 2. The van der Waals surface area contributed by atoms with Gasteiger partial charge in [-0.3, -0.25) is 0 Å². The Morgan fingerprint density at radius 1 is 0.926 bits per heavy atom. The van der Waals surface area contributed by atoms with Crippen LogP contribution in [0.15, 0.2) is 85.3 Å². The monoisotopic (exact) mass is 374 g/mol. The van der Waals surface area contributed by atoms with Crippen LogP contribution in [0, 0.1) is 5.92 Å². The number of carbonyl (C=O) groups excluding carboxylic acids is 1. The van der Waals surface area contributed by atoms with Crippen LogP contribution in [0.2, 0.25) is 0 Å². The van der Waals surface area contributed by atoms with Crippen LogP contribution < -0.4 is 0 Å². The third kappa shape index (κ3) is 15.6. The summed E-state index contributed by atoms with van der Waals surface area (Å²) in [4.78, 5) is 11.1. The van der Waals surface area contributed by atoms with Crippen molar-refractivity contribution in [2.45, 2.75) is 54.9 Å². The second-order valence-electron chi connectivity index (χ2n) is 4.18. The molecule has 0 aromatic rings. The number of methoxy groups -OCH3 is 1. The zero-order valence-electron chi connectivity index (χ0n) is 18.9. The molecule has 0 aromatic carbocycles. The molecule has 0 aliphatic carbocycles. The second kappa shape index (κ2) is 28.5. The predicted molar refractivity (Wildman–Crippen MR) is 125 cm³/mol. The SMILES string of the molecule is C=C/C=C(\C(=C/C=C)OC)C(CC=O)/C(C=C)=C/C=C\C.CC.CC.CC. The minimum Gasteiger partial charge on any atom is -0.496 e. The normalized spacial score (nSPS) is 12.1. The van der Waals surface area contributed by atoms with Gasteiger partial charge in [-0.25, -0.2) is 0 Å². The molecule has 0 aromatic heterocycles. The van der Waals surface area contributed by atoms with Gasteiger partial charge in [0.25, 0.3) is 0 Å². The Labute approximate surface area is 169 Å². The van der Waals surface area contributed by atoms with E-state index in [4.69, 9.17) is 4.74 Å². The summed E-state index contributed by atoms with van der Waals surface area (Å²) in [5.74, 6) is 0.519. The lowest BCUT2D eigenvalue weighted by atomic mass is 9.86. The van der Waals surface area contributed by atoms with Crippen molar-refractivity contribution in [2.75, 3.05) is 7.11 Å². The van der Waals surface area contributed by atoms with Gasteiger partial charge in [-0.05, 0) is 18.6 Å². The molecule has 1 atom stereocenters. The number of ether oxygens (including phenoxy) is 1. The molecule has 0 aliphatic heterocycles. The van der Waals surface area contributed by atoms with E-state index >= 15 is 0 Å². The Balaban J connectivity index is -0.000000397. The summed E-state index contributed by atoms with van der Waals surface area (Å²) >= 11 is 0. The van der Waals surface area contributed by atoms with E-state index < -0.39 is 0 Å². The Bertz CT molecular complexity index is 488. The predicted octanol–water partition coefficient (Wildman–Crippen LogP) is 7.79. The van der Waals surface area contributed by atoms with Crippen LogP contribution in [0.25, 0.3) is 0 Å². The average Bonchev–Trinajstić information content (AvgIpc) is 2.74. The number of hydrogen-bond donors (Lipinski definition) is 0. The molecule has 0 heterocycles. The van der Waals surface area contributed by atoms with E-state index in [-0.39, 0.29) is 5.92 Å². The highest BCUT2D eigenvalue weighted by Gasteiger charge is 2.20. The highest BCUT2D eigenvalue weighted by molar-refractivity contribution is 5.55. The van der Waals surface area contributed by atoms with Crippen molar-refractivity contribution in [3.05, 3.63) is 85.3 Å². The molecule has 0 fully saturated rings. The molecule has 0 saturated carbocycles. The van der Waals surface area contributed by atoms with Gasteiger partial charge < -0.3 is 9.53 Å². The van der Waals surface area contributed by atoms with Gasteiger partial charge in [0, 0.05) is 17.9 Å². The van der Waals surface area contributed by atoms with E-state index in [1.54, 1.807) is 31.4 Å². The Hall–Kier alpha value is -2.35. The molecule has 27 heavy (non-hydrogen) atoms. The highest BCUT2D eigenvalue weighted by atomic mass is 16.5. The molecule has 2 nitrogen and oxygen atoms in total. The molecular formula is C25H42O2. The molecule has 0 aliphatic rings. The highest BCUT2D eigenvalue weighted by Crippen LogP contribution is 2.30. The molecule has 0 bridgehead atoms. The molecule has 0 amide bonds. The zero-order chi connectivity index (χ0) is 22.1. The van der Waals surface area contributed by atoms with Crippen molar-refractivity contribution >= 4 is 6.29 Å². The summed E-state index contributed by atoms with van der Waals surface area (Å²) < 4.78 is 5.41. The van der Waals surface area contributed by atoms with Gasteiger partial charge in [0.2, 0.25) is 0 Å². The van der Waals surface area contributed by atoms with E-state index in [0.29, 0.717) is 12.2 Å². The summed E-state index contributed by atoms with van der Waals surface area (Å²) in [6.07, 6.45) is 15.7. The van der Waals surface area contributed by atoms with Gasteiger partial charge in [0.15, 0.2) is 0 Å². The molecule has 154 valence electrons. The maximum atomic E-state index is 11.1. The first-order valence-corrected chi connectivity index (χ1v) is 9.78. The third-order valence-electron chi connectivity index (χ3n) is 2.90. The van der Waals surface area contributed by atoms with E-state index in [2.05, 4.69) is 19.7 Å². The maximum Gasteiger partial charge on any atom is 0.122 e. The lowest BCUT2D eigenvalue weighted by molar-refractivity contribution is -0.108. The topological polar surface area (TPSA) is 26.3 Å². The molecule has 0 radical (unpaired) electrons. The Morgan fingerprint density at radius 3 is 1.78 bits per heavy atom. The van der Waals surface area contributed by atoms with Gasteiger partial charge in [-0.1, -0.05) is 104 Å². The second-order valence-corrected chi connectivity index (χ2v) is 4.18. The van der Waals surface area contributed by atoms with Crippen LogP contribution in [0.4, 0.5) is 0 Å². The Morgan fingerprint density at radius 2 is 1.44 bits per heavy atom. The van der Waals surface area contributed by atoms with Crippen LogP contribution in [-0.2, 0) is 9.53 Å². The largest absolute Gasteiger partial charge is 0.496 e. The average molecular weight is 375 g/mol. The fourth-order valence-electron chi connectivity index (χ4n) is 1.96. The van der Waals surface area contributed by atoms with Crippen molar-refractivity contribution in [2.24, 2.45) is 5.92 Å². The van der Waals surface area contributed by atoms with E-state index in [0.717, 1.165) is 17.4 Å². The first-order chi connectivity index (χ1) is 13.2. The molecule has 0 rings (SSSR count). The van der Waals surface area contributed by atoms with Gasteiger partial charge >= 0.3 is 0 Å². The fourth-order valence-corrected chi connectivity index (χ4v) is 1.96. The van der Waals surface area contributed by atoms with Crippen LogP contribution in [0.3, 0.4) is 0 Å². The Kier molecular flexibility index (Phi) is 34.1. The summed E-state index contributed by atoms with van der Waals surface area (Å²) in [5.41, 5.74) is 1.82. The van der Waals surface area contributed by atoms with Crippen molar-refractivity contribution in [1.82, 2.24) is 0 Å². The van der Waals surface area contributed by atoms with Crippen LogP contribution >= 0.6 is 0 Å². The molecule has 2 heteroatoms. The molecular weight excluding hydrogens is 332 g/mol. The summed E-state index contributed by atoms with van der Waals surface area (Å²) in [5, 5.41) is 0. The summed E-state index contributed by atoms with van der Waals surface area (Å²) in [6.45, 7) is 25.2. The number of rotatable bonds is 10. The standard InChI is InChI=1S/C19H24O2.3C2H6/c1-6-10-13-16(9-4)17(14-15-20)18(11-7-2)19(21-5)12-8-3;3*1-2/h6-13,15,17H,2-4,14H2,1,5H3;3*1-2H3/b10-6-,16-13+,18-11-,19-12+;;;. The van der Waals surface area contributed by atoms with Crippen LogP contribution in [-0.4, -0.2) is 13.4 Å². The van der Waals surface area contributed by atoms with Gasteiger partial charge in [0.05, 0.1) is 7.11 Å². The van der Waals surface area contributed by atoms with Gasteiger partial charge in [-0.2, -0.15) is 0 Å². The lowest BCUT2D eigenvalue weighted by Crippen LogP contribution is -2.11. The molecule has 1 unspecified atom stereocenters. The minimum absolute atomic E-state index is 0.139. The number of allylic oxidation sites excluding steroid dienone is 10. The van der Waals surface area contributed by atoms with Crippen molar-refractivity contribution < 1.29 is 9.53 Å². The van der Waals surface area contributed by atoms with E-state index in [1.165, 1.54) is 0 Å². The van der Waals surface area contributed by atoms with E-state index in [9.17, 15) is 4.79 Å². The quantitative estimate of drug-likeness (QED) is 0.221. The number of carbonyl (C=O) groups is 1. The summed E-state index contributed by atoms with van der Waals surface area (Å²) in [7, 11) is 1.59. The number of aldehydes is 1. The maximum absolute atomic E-state index is 11.1. The fraction of sp³-hybridized carbons (Fsp3) is 0.400. The van der Waals surface area contributed by atoms with Gasteiger partial charge in [0.1, 0.15) is 12.0 Å². The molecule has 0 spiro atoms. The first kappa shape index (κ1) is 32.3. The lowest BCUT2D eigenvalue weighted by Gasteiger charge is -2.21. The van der Waals surface area contributed by atoms with Gasteiger partial charge in [-0.15, -0.1) is 0 Å². The smallest absolute Gasteiger partial charge is 0.122 e. The molecule has 0 saturated heterocycles. The van der Waals surface area contributed by atoms with E-state index in [1.807, 2.05) is 72.8 Å². The zero-order valence-corrected chi connectivity index (χ0v) is 18.9. The third-order valence-corrected chi connectivity index (χ3v) is 2.90. The molecule has 0 N–H and O–H groups in total. The first-order valence-electron chi connectivity index (χ1n) is 9.78. The van der Waals surface area contributed by atoms with Crippen molar-refractivity contribution in [3.63, 3.8) is 0 Å². The van der Waals surface area contributed by atoms with Crippen molar-refractivity contribution in [3.8, 4) is 0 Å². The summed E-state index contributed by atoms with van der Waals surface area (Å²) in [6, 6.07) is 0. The van der Waals surface area contributed by atoms with Crippen molar-refractivity contribution in [1.29, 1.82) is 0 Å². The van der Waals surface area contributed by atoms with Crippen LogP contribution in [0.5, 0.6) is 0 Å². The minimum atomic E-state index is -0.139. The van der Waals surface area contributed by atoms with Crippen LogP contribution in [0.1, 0.15) is 54.9 Å².